The molecule has 0 amide bonds. The largest absolute Gasteiger partial charge is 2.00 e. The number of benzene rings is 1. The van der Waals surface area contributed by atoms with Crippen molar-refractivity contribution in [2.75, 3.05) is 11.9 Å². The molecule has 0 spiro atoms. The quantitative estimate of drug-likeness (QED) is 0.194. The molecule has 1 aromatic carbocycles. The topological polar surface area (TPSA) is 101 Å². The van der Waals surface area contributed by atoms with E-state index in [0.717, 1.165) is 12.0 Å². The number of rotatable bonds is 9. The van der Waals surface area contributed by atoms with E-state index in [1.807, 2.05) is 6.92 Å². The summed E-state index contributed by atoms with van der Waals surface area (Å²) in [5.74, 6) is 0. The molecule has 0 aliphatic heterocycles. The van der Waals surface area contributed by atoms with Gasteiger partial charge in [-0.1, -0.05) is 12.1 Å². The summed E-state index contributed by atoms with van der Waals surface area (Å²) in [6, 6.07) is 4.66. The van der Waals surface area contributed by atoms with Gasteiger partial charge >= 0.3 is 23.1 Å². The van der Waals surface area contributed by atoms with E-state index in [1.165, 1.54) is 6.07 Å². The standard InChI is InChI=1S/C15H23N3O3.BrH.Mg.2H/c1-3-5-15(19)12(16)6-4-9-17-13-10-11(2)7-8-14(13)18(20)21;;;;/h3,7-8,10,12,15,17,19H,1,4-6,9,16H2,2H3;1H;;;/q;;+2;2*-1. The zero-order chi connectivity index (χ0) is 15.8. The Kier molecular flexibility index (Phi) is 13.6. The molecule has 0 fully saturated rings. The molecule has 0 aromatic heterocycles. The molecule has 0 saturated carbocycles. The van der Waals surface area contributed by atoms with E-state index in [9.17, 15) is 15.2 Å². The summed E-state index contributed by atoms with van der Waals surface area (Å²) in [5.41, 5.74) is 7.39. The van der Waals surface area contributed by atoms with E-state index in [4.69, 9.17) is 5.73 Å². The van der Waals surface area contributed by atoms with Crippen molar-refractivity contribution in [2.24, 2.45) is 5.73 Å². The maximum atomic E-state index is 10.9. The average molecular weight is 401 g/mol. The van der Waals surface area contributed by atoms with Gasteiger partial charge in [-0.2, -0.15) is 0 Å². The van der Waals surface area contributed by atoms with Gasteiger partial charge in [0.15, 0.2) is 0 Å². The first-order chi connectivity index (χ1) is 9.95. The molecule has 23 heavy (non-hydrogen) atoms. The number of nitro benzene ring substituents is 1. The van der Waals surface area contributed by atoms with Gasteiger partial charge in [-0.05, 0) is 37.8 Å². The summed E-state index contributed by atoms with van der Waals surface area (Å²) < 4.78 is 0. The number of halogens is 1. The first-order valence-corrected chi connectivity index (χ1v) is 6.99. The van der Waals surface area contributed by atoms with Crippen molar-refractivity contribution >= 4 is 51.4 Å². The van der Waals surface area contributed by atoms with Crippen LogP contribution in [0.15, 0.2) is 30.9 Å². The van der Waals surface area contributed by atoms with Crippen LogP contribution >= 0.6 is 17.0 Å². The first-order valence-electron chi connectivity index (χ1n) is 6.99. The van der Waals surface area contributed by atoms with Crippen LogP contribution in [0.25, 0.3) is 0 Å². The molecule has 1 rings (SSSR count). The van der Waals surface area contributed by atoms with E-state index in [1.54, 1.807) is 18.2 Å². The second-order valence-corrected chi connectivity index (χ2v) is 5.10. The van der Waals surface area contributed by atoms with Crippen LogP contribution < -0.4 is 11.1 Å². The Bertz CT molecular complexity index is 513. The summed E-state index contributed by atoms with van der Waals surface area (Å²) in [6.07, 6.45) is 2.88. The fourth-order valence-corrected chi connectivity index (χ4v) is 2.05. The predicted molar refractivity (Wildman–Crippen MR) is 103 cm³/mol. The average Bonchev–Trinajstić information content (AvgIpc) is 2.43. The molecule has 6 nitrogen and oxygen atoms in total. The Morgan fingerprint density at radius 3 is 2.78 bits per heavy atom. The number of nitrogens with one attached hydrogen (secondary N) is 1. The number of hydrogen-bond acceptors (Lipinski definition) is 5. The summed E-state index contributed by atoms with van der Waals surface area (Å²) in [4.78, 5) is 10.5. The fourth-order valence-electron chi connectivity index (χ4n) is 2.05. The predicted octanol–water partition coefficient (Wildman–Crippen LogP) is 2.78. The Hall–Kier alpha value is -0.674. The van der Waals surface area contributed by atoms with E-state index in [2.05, 4.69) is 11.9 Å². The number of anilines is 1. The van der Waals surface area contributed by atoms with Crippen LogP contribution in [0.1, 0.15) is 27.7 Å². The Morgan fingerprint density at radius 2 is 2.22 bits per heavy atom. The van der Waals surface area contributed by atoms with Crippen LogP contribution in [-0.2, 0) is 0 Å². The fraction of sp³-hybridized carbons (Fsp3) is 0.467. The zero-order valence-corrected chi connectivity index (χ0v) is 16.5. The van der Waals surface area contributed by atoms with E-state index >= 15 is 0 Å². The van der Waals surface area contributed by atoms with Crippen molar-refractivity contribution in [2.45, 2.75) is 38.3 Å². The number of hydrogen-bond donors (Lipinski definition) is 3. The summed E-state index contributed by atoms with van der Waals surface area (Å²) in [7, 11) is 0. The Morgan fingerprint density at radius 1 is 1.57 bits per heavy atom. The van der Waals surface area contributed by atoms with Gasteiger partial charge in [-0.3, -0.25) is 10.1 Å². The molecule has 128 valence electrons. The molecule has 0 aliphatic rings. The van der Waals surface area contributed by atoms with Gasteiger partial charge in [0.1, 0.15) is 5.69 Å². The van der Waals surface area contributed by atoms with Crippen molar-refractivity contribution in [1.29, 1.82) is 0 Å². The van der Waals surface area contributed by atoms with Crippen LogP contribution in [0, 0.1) is 17.0 Å². The van der Waals surface area contributed by atoms with Crippen molar-refractivity contribution in [3.05, 3.63) is 46.5 Å². The maximum Gasteiger partial charge on any atom is 2.00 e. The van der Waals surface area contributed by atoms with Crippen molar-refractivity contribution in [1.82, 2.24) is 0 Å². The van der Waals surface area contributed by atoms with Crippen molar-refractivity contribution < 1.29 is 12.9 Å². The second-order valence-electron chi connectivity index (χ2n) is 5.10. The monoisotopic (exact) mass is 399 g/mol. The zero-order valence-electron chi connectivity index (χ0n) is 15.4. The van der Waals surface area contributed by atoms with Crippen LogP contribution in [-0.4, -0.2) is 51.8 Å². The minimum absolute atomic E-state index is 0. The minimum atomic E-state index is -0.587. The number of aliphatic hydroxyl groups excluding tert-OH is 1. The van der Waals surface area contributed by atoms with Crippen molar-refractivity contribution in [3.63, 3.8) is 0 Å². The van der Waals surface area contributed by atoms with Crippen molar-refractivity contribution in [3.8, 4) is 0 Å². The molecule has 0 radical (unpaired) electrons. The van der Waals surface area contributed by atoms with E-state index in [0.29, 0.717) is 25.1 Å². The number of nitrogens with two attached hydrogens (primary N) is 1. The normalized spacial score (nSPS) is 12.3. The second kappa shape index (κ2) is 12.7. The SMILES string of the molecule is Br.C=CCC(O)C(N)CCCNc1cc(C)ccc1[N+](=O)[O-].[H-].[H-].[Mg+2]. The van der Waals surface area contributed by atoms with Crippen LogP contribution in [0.3, 0.4) is 0 Å². The summed E-state index contributed by atoms with van der Waals surface area (Å²) in [6.45, 7) is 6.02. The van der Waals surface area contributed by atoms with Gasteiger partial charge in [0, 0.05) is 18.7 Å². The Labute approximate surface area is 166 Å². The number of aryl methyl sites for hydroxylation is 1. The number of aliphatic hydroxyl groups is 1. The van der Waals surface area contributed by atoms with Gasteiger partial charge in [0.05, 0.1) is 11.0 Å². The maximum absolute atomic E-state index is 10.9. The molecule has 0 heterocycles. The van der Waals surface area contributed by atoms with E-state index < -0.39 is 11.0 Å². The molecule has 0 saturated heterocycles. The third-order valence-electron chi connectivity index (χ3n) is 3.28. The molecule has 0 bridgehead atoms. The molecule has 0 aliphatic carbocycles. The molecule has 2 unspecified atom stereocenters. The van der Waals surface area contributed by atoms with Crippen LogP contribution in [0.4, 0.5) is 11.4 Å². The molecule has 8 heteroatoms. The third-order valence-corrected chi connectivity index (χ3v) is 3.28. The number of nitrogens with zero attached hydrogens (tertiary/aromatic N) is 1. The molecular weight excluding hydrogens is 374 g/mol. The van der Waals surface area contributed by atoms with Gasteiger partial charge in [-0.25, -0.2) is 0 Å². The van der Waals surface area contributed by atoms with E-state index in [-0.39, 0.29) is 54.6 Å². The summed E-state index contributed by atoms with van der Waals surface area (Å²) in [5, 5.41) is 23.7. The molecular formula is C15H26BrMgN3O3. The number of nitro groups is 1. The third kappa shape index (κ3) is 8.66. The first kappa shape index (κ1) is 24.6. The molecule has 4 N–H and O–H groups in total. The minimum Gasteiger partial charge on any atom is -1.00 e. The smallest absolute Gasteiger partial charge is 1.00 e. The molecule has 2 atom stereocenters. The van der Waals surface area contributed by atoms with Gasteiger partial charge in [-0.15, -0.1) is 23.6 Å². The van der Waals surface area contributed by atoms with Gasteiger partial charge in [0.2, 0.25) is 0 Å². The van der Waals surface area contributed by atoms with Crippen LogP contribution in [0.2, 0.25) is 0 Å². The summed E-state index contributed by atoms with van der Waals surface area (Å²) >= 11 is 0. The van der Waals surface area contributed by atoms with Crippen LogP contribution in [0.5, 0.6) is 0 Å². The molecule has 1 aromatic rings. The van der Waals surface area contributed by atoms with Gasteiger partial charge in [0.25, 0.3) is 5.69 Å². The Balaban J connectivity index is -0.000000551. The van der Waals surface area contributed by atoms with Gasteiger partial charge < -0.3 is 19.0 Å².